The molecule has 0 aliphatic carbocycles. The van der Waals surface area contributed by atoms with E-state index in [1.807, 2.05) is 13.8 Å². The number of aromatic hydroxyl groups is 1. The Morgan fingerprint density at radius 1 is 1.33 bits per heavy atom. The molecule has 0 atom stereocenters. The molecular weight excluding hydrogens is 230 g/mol. The maximum Gasteiger partial charge on any atom is 0.256 e. The summed E-state index contributed by atoms with van der Waals surface area (Å²) in [6.07, 6.45) is 0. The van der Waals surface area contributed by atoms with Gasteiger partial charge in [0.15, 0.2) is 0 Å². The minimum atomic E-state index is -0.254. The molecule has 0 radical (unpaired) electrons. The van der Waals surface area contributed by atoms with Gasteiger partial charge in [-0.15, -0.1) is 0 Å². The Bertz CT molecular complexity index is 583. The van der Waals surface area contributed by atoms with Crippen molar-refractivity contribution in [1.29, 1.82) is 0 Å². The van der Waals surface area contributed by atoms with Crippen LogP contribution in [0.25, 0.3) is 0 Å². The Kier molecular flexibility index (Phi) is 3.06. The molecule has 1 aromatic heterocycles. The molecule has 5 heteroatoms. The van der Waals surface area contributed by atoms with Gasteiger partial charge in [-0.3, -0.25) is 9.89 Å². The molecular formula is C13H15N3O2. The summed E-state index contributed by atoms with van der Waals surface area (Å²) in [5.74, 6) is -0.140. The van der Waals surface area contributed by atoms with Crippen LogP contribution in [0.4, 0.5) is 5.69 Å². The van der Waals surface area contributed by atoms with Crippen molar-refractivity contribution in [2.75, 3.05) is 5.32 Å². The van der Waals surface area contributed by atoms with Crippen LogP contribution in [0.3, 0.4) is 0 Å². The quantitative estimate of drug-likeness (QED) is 0.759. The van der Waals surface area contributed by atoms with Crippen molar-refractivity contribution < 1.29 is 9.90 Å². The fourth-order valence-corrected chi connectivity index (χ4v) is 1.79. The van der Waals surface area contributed by atoms with Crippen LogP contribution in [-0.2, 0) is 0 Å². The van der Waals surface area contributed by atoms with Crippen LogP contribution in [-0.4, -0.2) is 21.2 Å². The Morgan fingerprint density at radius 2 is 2.06 bits per heavy atom. The zero-order valence-corrected chi connectivity index (χ0v) is 10.5. The third kappa shape index (κ3) is 2.07. The fraction of sp³-hybridized carbons (Fsp3) is 0.231. The number of carbonyl (C=O) groups excluding carboxylic acids is 1. The molecule has 94 valence electrons. The number of hydrogen-bond donors (Lipinski definition) is 3. The lowest BCUT2D eigenvalue weighted by Gasteiger charge is -2.08. The van der Waals surface area contributed by atoms with E-state index in [0.717, 1.165) is 11.4 Å². The van der Waals surface area contributed by atoms with Gasteiger partial charge in [0.2, 0.25) is 0 Å². The summed E-state index contributed by atoms with van der Waals surface area (Å²) in [4.78, 5) is 12.1. The summed E-state index contributed by atoms with van der Waals surface area (Å²) in [5.41, 5.74) is 3.24. The van der Waals surface area contributed by atoms with E-state index in [9.17, 15) is 9.90 Å². The number of amides is 1. The van der Waals surface area contributed by atoms with Gasteiger partial charge in [-0.25, -0.2) is 0 Å². The second kappa shape index (κ2) is 4.52. The molecule has 0 saturated carbocycles. The summed E-state index contributed by atoms with van der Waals surface area (Å²) in [7, 11) is 0. The number of benzene rings is 1. The Balaban J connectivity index is 2.31. The largest absolute Gasteiger partial charge is 0.508 e. The zero-order chi connectivity index (χ0) is 13.3. The SMILES string of the molecule is Cc1n[nH]c(C)c1NC(=O)c1cccc(O)c1C. The van der Waals surface area contributed by atoms with E-state index in [1.54, 1.807) is 25.1 Å². The van der Waals surface area contributed by atoms with E-state index in [4.69, 9.17) is 0 Å². The van der Waals surface area contributed by atoms with Crippen molar-refractivity contribution in [3.8, 4) is 5.75 Å². The zero-order valence-electron chi connectivity index (χ0n) is 10.5. The van der Waals surface area contributed by atoms with Gasteiger partial charge in [0, 0.05) is 11.1 Å². The van der Waals surface area contributed by atoms with Crippen molar-refractivity contribution in [3.05, 3.63) is 40.7 Å². The number of phenolic OH excluding ortho intramolecular Hbond substituents is 1. The van der Waals surface area contributed by atoms with Gasteiger partial charge in [0.05, 0.1) is 17.1 Å². The highest BCUT2D eigenvalue weighted by molar-refractivity contribution is 6.06. The standard InChI is InChI=1S/C13H15N3O2/c1-7-10(5-4-6-11(7)17)13(18)14-12-8(2)15-16-9(12)3/h4-6,17H,1-3H3,(H,14,18)(H,15,16). The minimum Gasteiger partial charge on any atom is -0.508 e. The lowest BCUT2D eigenvalue weighted by Crippen LogP contribution is -2.14. The summed E-state index contributed by atoms with van der Waals surface area (Å²) < 4.78 is 0. The fourth-order valence-electron chi connectivity index (χ4n) is 1.79. The van der Waals surface area contributed by atoms with Crippen LogP contribution < -0.4 is 5.32 Å². The minimum absolute atomic E-state index is 0.114. The maximum atomic E-state index is 12.1. The second-order valence-electron chi connectivity index (χ2n) is 4.21. The third-order valence-electron chi connectivity index (χ3n) is 2.92. The molecule has 1 aromatic carbocycles. The van der Waals surface area contributed by atoms with Crippen LogP contribution in [0.2, 0.25) is 0 Å². The predicted molar refractivity (Wildman–Crippen MR) is 68.9 cm³/mol. The molecule has 0 saturated heterocycles. The predicted octanol–water partition coefficient (Wildman–Crippen LogP) is 2.29. The number of aromatic nitrogens is 2. The topological polar surface area (TPSA) is 78.0 Å². The van der Waals surface area contributed by atoms with E-state index >= 15 is 0 Å². The van der Waals surface area contributed by atoms with E-state index in [1.165, 1.54) is 0 Å². The van der Waals surface area contributed by atoms with Crippen LogP contribution in [0.5, 0.6) is 5.75 Å². The first kappa shape index (κ1) is 12.2. The molecule has 2 rings (SSSR count). The number of anilines is 1. The molecule has 2 aromatic rings. The number of aromatic amines is 1. The highest BCUT2D eigenvalue weighted by Gasteiger charge is 2.14. The van der Waals surface area contributed by atoms with Gasteiger partial charge >= 0.3 is 0 Å². The highest BCUT2D eigenvalue weighted by atomic mass is 16.3. The van der Waals surface area contributed by atoms with Crippen molar-refractivity contribution in [1.82, 2.24) is 10.2 Å². The molecule has 18 heavy (non-hydrogen) atoms. The summed E-state index contributed by atoms with van der Waals surface area (Å²) in [6.45, 7) is 5.36. The van der Waals surface area contributed by atoms with Crippen LogP contribution in [0, 0.1) is 20.8 Å². The van der Waals surface area contributed by atoms with Crippen LogP contribution in [0.15, 0.2) is 18.2 Å². The number of aryl methyl sites for hydroxylation is 2. The summed E-state index contributed by atoms with van der Waals surface area (Å²) >= 11 is 0. The molecule has 0 fully saturated rings. The summed E-state index contributed by atoms with van der Waals surface area (Å²) in [5, 5.41) is 19.2. The first-order valence-electron chi connectivity index (χ1n) is 5.62. The first-order chi connectivity index (χ1) is 8.50. The highest BCUT2D eigenvalue weighted by Crippen LogP contribution is 2.22. The van der Waals surface area contributed by atoms with Gasteiger partial charge in [-0.05, 0) is 32.9 Å². The third-order valence-corrected chi connectivity index (χ3v) is 2.92. The molecule has 0 spiro atoms. The van der Waals surface area contributed by atoms with E-state index in [0.29, 0.717) is 16.8 Å². The number of hydrogen-bond acceptors (Lipinski definition) is 3. The normalized spacial score (nSPS) is 10.4. The van der Waals surface area contributed by atoms with Crippen molar-refractivity contribution in [2.24, 2.45) is 0 Å². The monoisotopic (exact) mass is 245 g/mol. The Labute approximate surface area is 105 Å². The van der Waals surface area contributed by atoms with E-state index in [-0.39, 0.29) is 11.7 Å². The van der Waals surface area contributed by atoms with Gasteiger partial charge in [0.25, 0.3) is 5.91 Å². The molecule has 1 amide bonds. The molecule has 5 nitrogen and oxygen atoms in total. The van der Waals surface area contributed by atoms with Gasteiger partial charge < -0.3 is 10.4 Å². The lowest BCUT2D eigenvalue weighted by atomic mass is 10.1. The van der Waals surface area contributed by atoms with E-state index < -0.39 is 0 Å². The van der Waals surface area contributed by atoms with Crippen molar-refractivity contribution >= 4 is 11.6 Å². The number of carbonyl (C=O) groups is 1. The van der Waals surface area contributed by atoms with E-state index in [2.05, 4.69) is 15.5 Å². The molecule has 3 N–H and O–H groups in total. The molecule has 0 bridgehead atoms. The van der Waals surface area contributed by atoms with Gasteiger partial charge in [0.1, 0.15) is 5.75 Å². The van der Waals surface area contributed by atoms with Crippen molar-refractivity contribution in [3.63, 3.8) is 0 Å². The number of phenols is 1. The molecule has 0 aliphatic rings. The molecule has 0 aliphatic heterocycles. The smallest absolute Gasteiger partial charge is 0.256 e. The van der Waals surface area contributed by atoms with Crippen molar-refractivity contribution in [2.45, 2.75) is 20.8 Å². The average molecular weight is 245 g/mol. The lowest BCUT2D eigenvalue weighted by molar-refractivity contribution is 0.102. The maximum absolute atomic E-state index is 12.1. The van der Waals surface area contributed by atoms with Crippen LogP contribution in [0.1, 0.15) is 27.3 Å². The number of H-pyrrole nitrogens is 1. The second-order valence-corrected chi connectivity index (χ2v) is 4.21. The Hall–Kier alpha value is -2.30. The number of nitrogens with one attached hydrogen (secondary N) is 2. The average Bonchev–Trinajstić information content (AvgIpc) is 2.64. The Morgan fingerprint density at radius 3 is 2.67 bits per heavy atom. The molecule has 1 heterocycles. The van der Waals surface area contributed by atoms with Gasteiger partial charge in [-0.2, -0.15) is 5.10 Å². The van der Waals surface area contributed by atoms with Crippen LogP contribution >= 0.6 is 0 Å². The number of nitrogens with zero attached hydrogens (tertiary/aromatic N) is 1. The first-order valence-corrected chi connectivity index (χ1v) is 5.62. The molecule has 0 unspecified atom stereocenters. The summed E-state index contributed by atoms with van der Waals surface area (Å²) in [6, 6.07) is 4.88. The number of rotatable bonds is 2. The van der Waals surface area contributed by atoms with Gasteiger partial charge in [-0.1, -0.05) is 6.07 Å².